The predicted molar refractivity (Wildman–Crippen MR) is 98.8 cm³/mol. The summed E-state index contributed by atoms with van der Waals surface area (Å²) in [5.41, 5.74) is 2.11. The van der Waals surface area contributed by atoms with Gasteiger partial charge >= 0.3 is 0 Å². The van der Waals surface area contributed by atoms with Crippen LogP contribution in [0.1, 0.15) is 59.4 Å². The topological polar surface area (TPSA) is 0 Å². The first-order valence-corrected chi connectivity index (χ1v) is 13.2. The van der Waals surface area contributed by atoms with Gasteiger partial charge in [0.05, 0.1) is 0 Å². The van der Waals surface area contributed by atoms with Crippen LogP contribution in [0, 0.1) is 5.41 Å². The van der Waals surface area contributed by atoms with Crippen LogP contribution in [0.2, 0.25) is 6.04 Å². The summed E-state index contributed by atoms with van der Waals surface area (Å²) < 4.78 is 0. The highest BCUT2D eigenvalue weighted by Gasteiger charge is 2.36. The summed E-state index contributed by atoms with van der Waals surface area (Å²) in [7, 11) is 0. The van der Waals surface area contributed by atoms with Crippen molar-refractivity contribution in [3.05, 3.63) is 35.9 Å². The van der Waals surface area contributed by atoms with Crippen molar-refractivity contribution < 1.29 is 0 Å². The summed E-state index contributed by atoms with van der Waals surface area (Å²) >= 11 is 2.82. The van der Waals surface area contributed by atoms with E-state index in [9.17, 15) is 0 Å². The maximum atomic E-state index is 2.82. The molecule has 0 spiro atoms. The lowest BCUT2D eigenvalue weighted by Gasteiger charge is -2.38. The van der Waals surface area contributed by atoms with Crippen LogP contribution in [-0.4, -0.2) is 6.29 Å². The van der Waals surface area contributed by atoms with Gasteiger partial charge in [-0.2, -0.15) is 0 Å². The Morgan fingerprint density at radius 2 is 1.42 bits per heavy atom. The standard InChI is InChI=1S/C17H29ISi/c1-6-17(7-2,8-3)14-19(18)16(4,5)15-12-10-9-11-13-15/h9-13,19H,6-8,14H2,1-5H3. The molecule has 1 atom stereocenters. The van der Waals surface area contributed by atoms with Gasteiger partial charge in [-0.05, 0) is 22.1 Å². The summed E-state index contributed by atoms with van der Waals surface area (Å²) in [4.78, 5) is 0. The van der Waals surface area contributed by atoms with Gasteiger partial charge in [-0.15, -0.1) is 21.8 Å². The smallest absolute Gasteiger partial charge is 0.120 e. The van der Waals surface area contributed by atoms with Crippen LogP contribution in [0.3, 0.4) is 0 Å². The highest BCUT2D eigenvalue weighted by atomic mass is 127. The van der Waals surface area contributed by atoms with E-state index in [1.807, 2.05) is 0 Å². The van der Waals surface area contributed by atoms with Crippen LogP contribution in [0.5, 0.6) is 0 Å². The first kappa shape index (κ1) is 17.2. The van der Waals surface area contributed by atoms with E-state index in [0.717, 1.165) is 0 Å². The summed E-state index contributed by atoms with van der Waals surface area (Å²) in [6, 6.07) is 12.6. The van der Waals surface area contributed by atoms with E-state index in [-0.39, 0.29) is 0 Å². The first-order valence-electron chi connectivity index (χ1n) is 7.61. The largest absolute Gasteiger partial charge is 0.122 e. The molecule has 108 valence electrons. The Hall–Kier alpha value is 0.167. The molecule has 0 saturated heterocycles. The molecule has 0 aliphatic carbocycles. The van der Waals surface area contributed by atoms with Gasteiger partial charge in [-0.1, -0.05) is 84.2 Å². The molecule has 0 N–H and O–H groups in total. The fraction of sp³-hybridized carbons (Fsp3) is 0.647. The summed E-state index contributed by atoms with van der Waals surface area (Å²) in [5.74, 6) is 0. The molecule has 1 aromatic carbocycles. The van der Waals surface area contributed by atoms with Gasteiger partial charge in [0.25, 0.3) is 0 Å². The summed E-state index contributed by atoms with van der Waals surface area (Å²) in [5, 5.41) is 0.382. The minimum absolute atomic E-state index is 0.382. The van der Waals surface area contributed by atoms with E-state index in [2.05, 4.69) is 86.7 Å². The van der Waals surface area contributed by atoms with Crippen molar-refractivity contribution in [3.63, 3.8) is 0 Å². The predicted octanol–water partition coefficient (Wildman–Crippen LogP) is 5.88. The van der Waals surface area contributed by atoms with Crippen LogP contribution in [0.15, 0.2) is 30.3 Å². The normalized spacial score (nSPS) is 14.4. The molecule has 0 saturated carbocycles. The molecule has 0 amide bonds. The Morgan fingerprint density at radius 1 is 0.947 bits per heavy atom. The Balaban J connectivity index is 2.90. The number of halogens is 1. The van der Waals surface area contributed by atoms with Crippen LogP contribution in [0.25, 0.3) is 0 Å². The maximum absolute atomic E-state index is 2.82. The van der Waals surface area contributed by atoms with E-state index in [0.29, 0.717) is 10.5 Å². The third-order valence-corrected chi connectivity index (χ3v) is 14.3. The Labute approximate surface area is 134 Å². The molecule has 1 unspecified atom stereocenters. The molecule has 0 radical (unpaired) electrons. The fourth-order valence-electron chi connectivity index (χ4n) is 2.87. The molecule has 0 aromatic heterocycles. The zero-order valence-corrected chi connectivity index (χ0v) is 16.5. The monoisotopic (exact) mass is 388 g/mol. The van der Waals surface area contributed by atoms with E-state index >= 15 is 0 Å². The molecule has 0 aliphatic heterocycles. The molecule has 2 heteroatoms. The van der Waals surface area contributed by atoms with Gasteiger partial charge in [-0.3, -0.25) is 0 Å². The average Bonchev–Trinajstić information content (AvgIpc) is 2.45. The van der Waals surface area contributed by atoms with Gasteiger partial charge in [-0.25, -0.2) is 0 Å². The lowest BCUT2D eigenvalue weighted by atomic mass is 9.82. The number of benzene rings is 1. The van der Waals surface area contributed by atoms with Gasteiger partial charge in [0.2, 0.25) is 0 Å². The zero-order chi connectivity index (χ0) is 14.5. The molecule has 19 heavy (non-hydrogen) atoms. The van der Waals surface area contributed by atoms with Crippen molar-refractivity contribution in [2.45, 2.75) is 65.0 Å². The van der Waals surface area contributed by atoms with Crippen molar-refractivity contribution in [3.8, 4) is 0 Å². The highest BCUT2D eigenvalue weighted by Crippen LogP contribution is 2.42. The number of rotatable bonds is 7. The van der Waals surface area contributed by atoms with Crippen LogP contribution < -0.4 is 0 Å². The van der Waals surface area contributed by atoms with Crippen LogP contribution in [0.4, 0.5) is 0 Å². The van der Waals surface area contributed by atoms with Crippen molar-refractivity contribution in [1.82, 2.24) is 0 Å². The SMILES string of the molecule is CCC(CC)(CC)C[SiH](I)C(C)(C)c1ccccc1. The van der Waals surface area contributed by atoms with Crippen LogP contribution >= 0.6 is 21.8 Å². The van der Waals surface area contributed by atoms with Gasteiger partial charge in [0.1, 0.15) is 6.29 Å². The molecule has 0 fully saturated rings. The molecule has 0 aliphatic rings. The van der Waals surface area contributed by atoms with Crippen molar-refractivity contribution in [1.29, 1.82) is 0 Å². The quantitative estimate of drug-likeness (QED) is 0.311. The molecule has 0 bridgehead atoms. The molecule has 0 heterocycles. The van der Waals surface area contributed by atoms with E-state index in [1.54, 1.807) is 0 Å². The average molecular weight is 388 g/mol. The van der Waals surface area contributed by atoms with Gasteiger partial charge < -0.3 is 0 Å². The van der Waals surface area contributed by atoms with Gasteiger partial charge in [0, 0.05) is 0 Å². The minimum atomic E-state index is -0.846. The zero-order valence-electron chi connectivity index (χ0n) is 13.2. The van der Waals surface area contributed by atoms with E-state index < -0.39 is 6.29 Å². The maximum Gasteiger partial charge on any atom is 0.120 e. The molecule has 1 aromatic rings. The molecule has 0 nitrogen and oxygen atoms in total. The molecule has 1 rings (SSSR count). The van der Waals surface area contributed by atoms with Crippen molar-refractivity contribution in [2.75, 3.05) is 0 Å². The Morgan fingerprint density at radius 3 is 1.84 bits per heavy atom. The summed E-state index contributed by atoms with van der Waals surface area (Å²) in [6.07, 6.45) is 3.15. The second kappa shape index (κ2) is 7.25. The number of hydrogen-bond acceptors (Lipinski definition) is 0. The summed E-state index contributed by atoms with van der Waals surface area (Å²) in [6.45, 7) is 12.0. The van der Waals surface area contributed by atoms with Crippen LogP contribution in [-0.2, 0) is 5.04 Å². The third kappa shape index (κ3) is 4.07. The highest BCUT2D eigenvalue weighted by molar-refractivity contribution is 14.1. The van der Waals surface area contributed by atoms with E-state index in [1.165, 1.54) is 30.9 Å². The molecular weight excluding hydrogens is 359 g/mol. The first-order chi connectivity index (χ1) is 8.91. The van der Waals surface area contributed by atoms with Crippen molar-refractivity contribution >= 4 is 28.1 Å². The fourth-order valence-corrected chi connectivity index (χ4v) is 9.44. The van der Waals surface area contributed by atoms with Gasteiger partial charge in [0.15, 0.2) is 0 Å². The lowest BCUT2D eigenvalue weighted by Crippen LogP contribution is -2.37. The third-order valence-electron chi connectivity index (χ3n) is 5.16. The molecular formula is C17H29ISi. The lowest BCUT2D eigenvalue weighted by molar-refractivity contribution is 0.283. The van der Waals surface area contributed by atoms with Crippen molar-refractivity contribution in [2.24, 2.45) is 5.41 Å². The second-order valence-corrected chi connectivity index (χ2v) is 13.6. The Bertz CT molecular complexity index is 360. The van der Waals surface area contributed by atoms with E-state index in [4.69, 9.17) is 0 Å². The minimum Gasteiger partial charge on any atom is -0.122 e. The number of hydrogen-bond donors (Lipinski definition) is 0. The Kier molecular flexibility index (Phi) is 6.57. The second-order valence-electron chi connectivity index (χ2n) is 6.32.